The molecule has 6 nitrogen and oxygen atoms in total. The molecule has 2 rings (SSSR count). The fraction of sp³-hybridized carbons (Fsp3) is 0.533. The Hall–Kier alpha value is -1.95. The predicted molar refractivity (Wildman–Crippen MR) is 78.7 cm³/mol. The molecule has 21 heavy (non-hydrogen) atoms. The minimum Gasteiger partial charge on any atom is -0.483 e. The Bertz CT molecular complexity index is 505. The van der Waals surface area contributed by atoms with Crippen LogP contribution >= 0.6 is 0 Å². The highest BCUT2D eigenvalue weighted by Gasteiger charge is 2.19. The molecule has 1 aromatic carbocycles. The number of benzene rings is 1. The molecule has 1 aliphatic rings. The molecule has 1 aromatic rings. The van der Waals surface area contributed by atoms with Gasteiger partial charge in [-0.25, -0.2) is 0 Å². The Kier molecular flexibility index (Phi) is 5.27. The zero-order valence-electron chi connectivity index (χ0n) is 12.5. The molecule has 0 aliphatic carbocycles. The number of nitrogens with two attached hydrogens (primary N) is 1. The monoisotopic (exact) mass is 294 g/mol. The molecule has 0 saturated heterocycles. The quantitative estimate of drug-likeness (QED) is 0.790. The van der Waals surface area contributed by atoms with Gasteiger partial charge in [-0.3, -0.25) is 4.79 Å². The molecule has 0 fully saturated rings. The molecule has 6 heteroatoms. The van der Waals surface area contributed by atoms with Crippen molar-refractivity contribution in [3.8, 4) is 17.2 Å². The number of carbonyl (C=O) groups excluding carboxylic acids is 1. The third-order valence-corrected chi connectivity index (χ3v) is 3.29. The van der Waals surface area contributed by atoms with Crippen LogP contribution in [0.3, 0.4) is 0 Å². The van der Waals surface area contributed by atoms with E-state index in [9.17, 15) is 4.79 Å². The highest BCUT2D eigenvalue weighted by Crippen LogP contribution is 2.38. The van der Waals surface area contributed by atoms with E-state index < -0.39 is 0 Å². The maximum Gasteiger partial charge on any atom is 0.257 e. The van der Waals surface area contributed by atoms with Crippen LogP contribution in [0.2, 0.25) is 0 Å². The normalized spacial score (nSPS) is 13.9. The third kappa shape index (κ3) is 4.01. The Balaban J connectivity index is 2.14. The maximum absolute atomic E-state index is 11.5. The minimum atomic E-state index is -0.152. The van der Waals surface area contributed by atoms with Crippen LogP contribution in [0.4, 0.5) is 0 Å². The average Bonchev–Trinajstić information content (AvgIpc) is 2.92. The molecule has 0 radical (unpaired) electrons. The van der Waals surface area contributed by atoms with Crippen LogP contribution in [0.25, 0.3) is 0 Å². The first kappa shape index (κ1) is 15.4. The van der Waals surface area contributed by atoms with E-state index >= 15 is 0 Å². The molecule has 1 aliphatic heterocycles. The number of nitrogens with one attached hydrogen (secondary N) is 1. The zero-order chi connectivity index (χ0) is 15.2. The first-order valence-electron chi connectivity index (χ1n) is 7.21. The molecule has 0 spiro atoms. The van der Waals surface area contributed by atoms with E-state index in [1.54, 1.807) is 6.07 Å². The van der Waals surface area contributed by atoms with Gasteiger partial charge in [-0.05, 0) is 31.4 Å². The number of rotatable bonds is 7. The first-order chi connectivity index (χ1) is 10.1. The summed E-state index contributed by atoms with van der Waals surface area (Å²) in [5, 5.41) is 2.69. The van der Waals surface area contributed by atoms with Crippen molar-refractivity contribution in [3.63, 3.8) is 0 Å². The van der Waals surface area contributed by atoms with Gasteiger partial charge in [-0.15, -0.1) is 0 Å². The molecular formula is C15H22N2O4. The van der Waals surface area contributed by atoms with Gasteiger partial charge in [0, 0.05) is 18.7 Å². The molecule has 1 amide bonds. The van der Waals surface area contributed by atoms with Crippen molar-refractivity contribution in [1.29, 1.82) is 0 Å². The van der Waals surface area contributed by atoms with E-state index in [1.165, 1.54) is 0 Å². The van der Waals surface area contributed by atoms with Crippen molar-refractivity contribution < 1.29 is 19.0 Å². The van der Waals surface area contributed by atoms with E-state index in [0.29, 0.717) is 30.2 Å². The summed E-state index contributed by atoms with van der Waals surface area (Å²) in [5.74, 6) is 1.80. The van der Waals surface area contributed by atoms with E-state index in [0.717, 1.165) is 12.0 Å². The zero-order valence-corrected chi connectivity index (χ0v) is 12.5. The van der Waals surface area contributed by atoms with Crippen molar-refractivity contribution in [2.75, 3.05) is 19.9 Å². The van der Waals surface area contributed by atoms with Crippen molar-refractivity contribution in [3.05, 3.63) is 17.7 Å². The van der Waals surface area contributed by atoms with Crippen LogP contribution < -0.4 is 25.3 Å². The number of carbonyl (C=O) groups is 1. The second-order valence-electron chi connectivity index (χ2n) is 4.93. The number of fused-ring (bicyclic) bond motifs is 1. The Morgan fingerprint density at radius 2 is 2.10 bits per heavy atom. The lowest BCUT2D eigenvalue weighted by Gasteiger charge is -2.15. The molecule has 0 aromatic heterocycles. The molecule has 3 N–H and O–H groups in total. The SMILES string of the molecule is CCNC(=O)COc1cc2c(cc1CC(N)CC)OCO2. The summed E-state index contributed by atoms with van der Waals surface area (Å²) < 4.78 is 16.3. The Morgan fingerprint density at radius 1 is 1.38 bits per heavy atom. The van der Waals surface area contributed by atoms with Gasteiger partial charge >= 0.3 is 0 Å². The number of hydrogen-bond acceptors (Lipinski definition) is 5. The van der Waals surface area contributed by atoms with Gasteiger partial charge in [0.25, 0.3) is 5.91 Å². The lowest BCUT2D eigenvalue weighted by molar-refractivity contribution is -0.122. The summed E-state index contributed by atoms with van der Waals surface area (Å²) in [5.41, 5.74) is 6.94. The minimum absolute atomic E-state index is 0.0259. The van der Waals surface area contributed by atoms with Crippen LogP contribution in [0.5, 0.6) is 17.2 Å². The molecule has 1 heterocycles. The van der Waals surface area contributed by atoms with E-state index in [-0.39, 0.29) is 25.3 Å². The van der Waals surface area contributed by atoms with Crippen LogP contribution in [0.15, 0.2) is 12.1 Å². The van der Waals surface area contributed by atoms with Crippen LogP contribution in [-0.4, -0.2) is 31.9 Å². The summed E-state index contributed by atoms with van der Waals surface area (Å²) in [7, 11) is 0. The lowest BCUT2D eigenvalue weighted by Crippen LogP contribution is -2.28. The van der Waals surface area contributed by atoms with E-state index in [4.69, 9.17) is 19.9 Å². The summed E-state index contributed by atoms with van der Waals surface area (Å²) in [6, 6.07) is 3.68. The number of likely N-dealkylation sites (N-methyl/N-ethyl adjacent to an activating group) is 1. The number of amides is 1. The highest BCUT2D eigenvalue weighted by atomic mass is 16.7. The molecule has 0 saturated carbocycles. The van der Waals surface area contributed by atoms with Gasteiger partial charge in [0.15, 0.2) is 18.1 Å². The second-order valence-corrected chi connectivity index (χ2v) is 4.93. The smallest absolute Gasteiger partial charge is 0.257 e. The van der Waals surface area contributed by atoms with Gasteiger partial charge in [0.1, 0.15) is 5.75 Å². The van der Waals surface area contributed by atoms with Crippen molar-refractivity contribution in [2.45, 2.75) is 32.7 Å². The maximum atomic E-state index is 11.5. The topological polar surface area (TPSA) is 82.8 Å². The Labute approximate surface area is 124 Å². The van der Waals surface area contributed by atoms with Crippen LogP contribution in [-0.2, 0) is 11.2 Å². The third-order valence-electron chi connectivity index (χ3n) is 3.29. The summed E-state index contributed by atoms with van der Waals surface area (Å²) in [6.07, 6.45) is 1.53. The van der Waals surface area contributed by atoms with Crippen LogP contribution in [0.1, 0.15) is 25.8 Å². The fourth-order valence-electron chi connectivity index (χ4n) is 2.08. The summed E-state index contributed by atoms with van der Waals surface area (Å²) in [6.45, 7) is 4.66. The molecule has 1 atom stereocenters. The second kappa shape index (κ2) is 7.17. The molecule has 116 valence electrons. The summed E-state index contributed by atoms with van der Waals surface area (Å²) in [4.78, 5) is 11.5. The van der Waals surface area contributed by atoms with E-state index in [2.05, 4.69) is 5.32 Å². The molecular weight excluding hydrogens is 272 g/mol. The van der Waals surface area contributed by atoms with Gasteiger partial charge in [-0.2, -0.15) is 0 Å². The standard InChI is InChI=1S/C15H22N2O4/c1-3-11(16)5-10-6-13-14(21-9-20-13)7-12(10)19-8-15(18)17-4-2/h6-7,11H,3-5,8-9,16H2,1-2H3,(H,17,18). The Morgan fingerprint density at radius 3 is 2.76 bits per heavy atom. The largest absolute Gasteiger partial charge is 0.483 e. The number of hydrogen-bond donors (Lipinski definition) is 2. The average molecular weight is 294 g/mol. The van der Waals surface area contributed by atoms with Crippen molar-refractivity contribution in [1.82, 2.24) is 5.32 Å². The van der Waals surface area contributed by atoms with Gasteiger partial charge in [-0.1, -0.05) is 6.92 Å². The van der Waals surface area contributed by atoms with E-state index in [1.807, 2.05) is 19.9 Å². The molecule has 1 unspecified atom stereocenters. The van der Waals surface area contributed by atoms with Crippen LogP contribution in [0, 0.1) is 0 Å². The van der Waals surface area contributed by atoms with Crippen molar-refractivity contribution in [2.24, 2.45) is 5.73 Å². The lowest BCUT2D eigenvalue weighted by atomic mass is 10.0. The predicted octanol–water partition coefficient (Wildman–Crippen LogP) is 1.21. The number of ether oxygens (including phenoxy) is 3. The molecule has 0 bridgehead atoms. The van der Waals surface area contributed by atoms with Gasteiger partial charge in [0.2, 0.25) is 6.79 Å². The van der Waals surface area contributed by atoms with Gasteiger partial charge in [0.05, 0.1) is 0 Å². The van der Waals surface area contributed by atoms with Crippen molar-refractivity contribution >= 4 is 5.91 Å². The van der Waals surface area contributed by atoms with Gasteiger partial charge < -0.3 is 25.3 Å². The highest BCUT2D eigenvalue weighted by molar-refractivity contribution is 5.77. The summed E-state index contributed by atoms with van der Waals surface area (Å²) >= 11 is 0. The fourth-order valence-corrected chi connectivity index (χ4v) is 2.08. The first-order valence-corrected chi connectivity index (χ1v) is 7.21.